The van der Waals surface area contributed by atoms with Crippen LogP contribution < -0.4 is 0 Å². The van der Waals surface area contributed by atoms with Crippen molar-refractivity contribution in [3.8, 4) is 0 Å². The van der Waals surface area contributed by atoms with Crippen molar-refractivity contribution in [2.24, 2.45) is 0 Å². The van der Waals surface area contributed by atoms with Gasteiger partial charge >= 0.3 is 0 Å². The first-order valence-electron chi connectivity index (χ1n) is 13.9. The molecule has 4 rings (SSSR count). The molecule has 0 aliphatic carbocycles. The number of rotatable bonds is 10. The van der Waals surface area contributed by atoms with Crippen molar-refractivity contribution in [3.05, 3.63) is 0 Å². The minimum absolute atomic E-state index is 0.480. The van der Waals surface area contributed by atoms with Crippen LogP contribution in [0.15, 0.2) is 0 Å². The number of hydrogen-bond donors (Lipinski definition) is 12. The van der Waals surface area contributed by atoms with E-state index in [1.165, 1.54) is 7.11 Å². The fraction of sp³-hybridized carbons (Fsp3) is 1.00. The molecule has 0 spiro atoms. The smallest absolute Gasteiger partial charge is 0.187 e. The van der Waals surface area contributed by atoms with Crippen molar-refractivity contribution < 1.29 is 99.2 Å². The summed E-state index contributed by atoms with van der Waals surface area (Å²) in [6.07, 6.45) is -31.3. The lowest BCUT2D eigenvalue weighted by molar-refractivity contribution is -0.386. The zero-order chi connectivity index (χ0) is 32.5. The first-order chi connectivity index (χ1) is 20.8. The molecular formula is C24H42O20. The summed E-state index contributed by atoms with van der Waals surface area (Å²) in [5.41, 5.74) is 0. The van der Waals surface area contributed by atoms with Gasteiger partial charge in [-0.15, -0.1) is 0 Å². The van der Waals surface area contributed by atoms with Gasteiger partial charge in [0.05, 0.1) is 26.4 Å². The van der Waals surface area contributed by atoms with E-state index in [9.17, 15) is 61.3 Å². The van der Waals surface area contributed by atoms with Gasteiger partial charge in [0, 0.05) is 7.11 Å². The molecule has 0 amide bonds. The second-order valence-electron chi connectivity index (χ2n) is 10.9. The van der Waals surface area contributed by atoms with Crippen molar-refractivity contribution in [1.29, 1.82) is 0 Å². The molecule has 4 heterocycles. The Kier molecular flexibility index (Phi) is 12.6. The Morgan fingerprint density at radius 1 is 0.545 bits per heavy atom. The molecule has 20 heteroatoms. The zero-order valence-corrected chi connectivity index (χ0v) is 23.4. The van der Waals surface area contributed by atoms with Gasteiger partial charge in [0.2, 0.25) is 0 Å². The Balaban J connectivity index is 1.54. The largest absolute Gasteiger partial charge is 0.394 e. The van der Waals surface area contributed by atoms with Crippen molar-refractivity contribution in [2.75, 3.05) is 33.5 Å². The molecule has 0 radical (unpaired) electrons. The van der Waals surface area contributed by atoms with Gasteiger partial charge < -0.3 is 99.2 Å². The Labute approximate surface area is 250 Å². The average molecular weight is 651 g/mol. The molecular weight excluding hydrogens is 608 g/mol. The molecule has 4 aliphatic rings. The minimum atomic E-state index is -2.01. The highest BCUT2D eigenvalue weighted by Crippen LogP contribution is 2.33. The van der Waals surface area contributed by atoms with Gasteiger partial charge in [-0.05, 0) is 0 Å². The molecule has 4 fully saturated rings. The molecule has 0 aromatic heterocycles. The van der Waals surface area contributed by atoms with Crippen LogP contribution in [-0.4, -0.2) is 212 Å². The van der Waals surface area contributed by atoms with Gasteiger partial charge in [0.15, 0.2) is 25.2 Å². The summed E-state index contributed by atoms with van der Waals surface area (Å²) in [7, 11) is 1.17. The van der Waals surface area contributed by atoms with Crippen LogP contribution in [0.25, 0.3) is 0 Å². The van der Waals surface area contributed by atoms with E-state index < -0.39 is 143 Å². The first kappa shape index (κ1) is 36.0. The van der Waals surface area contributed by atoms with E-state index in [0.29, 0.717) is 0 Å². The van der Waals surface area contributed by atoms with Gasteiger partial charge in [-0.25, -0.2) is 0 Å². The predicted molar refractivity (Wildman–Crippen MR) is 133 cm³/mol. The summed E-state index contributed by atoms with van der Waals surface area (Å²) in [5, 5.41) is 123. The van der Waals surface area contributed by atoms with E-state index in [1.807, 2.05) is 0 Å². The molecule has 1 unspecified atom stereocenters. The van der Waals surface area contributed by atoms with Crippen molar-refractivity contribution in [3.63, 3.8) is 0 Å². The molecule has 4 aliphatic heterocycles. The Morgan fingerprint density at radius 3 is 1.75 bits per heavy atom. The fourth-order valence-corrected chi connectivity index (χ4v) is 5.39. The summed E-state index contributed by atoms with van der Waals surface area (Å²) in [6, 6.07) is 0. The van der Waals surface area contributed by atoms with E-state index in [-0.39, 0.29) is 0 Å². The van der Waals surface area contributed by atoms with Crippen molar-refractivity contribution in [1.82, 2.24) is 0 Å². The lowest BCUT2D eigenvalue weighted by atomic mass is 9.96. The maximum atomic E-state index is 11.3. The third-order valence-electron chi connectivity index (χ3n) is 8.04. The summed E-state index contributed by atoms with van der Waals surface area (Å²) in [4.78, 5) is 0. The Morgan fingerprint density at radius 2 is 1.11 bits per heavy atom. The highest BCUT2D eigenvalue weighted by Gasteiger charge is 2.54. The summed E-state index contributed by atoms with van der Waals surface area (Å²) in [6.45, 7) is -2.62. The predicted octanol–water partition coefficient (Wildman–Crippen LogP) is -8.46. The lowest BCUT2D eigenvalue weighted by Gasteiger charge is -2.48. The average Bonchev–Trinajstić information content (AvgIpc) is 3.00. The van der Waals surface area contributed by atoms with Crippen LogP contribution in [-0.2, 0) is 37.9 Å². The number of aliphatic hydroxyl groups excluding tert-OH is 12. The highest BCUT2D eigenvalue weighted by molar-refractivity contribution is 4.96. The SMILES string of the molecule is CO[C@@H]1[C@H](O)[C@@H](O[C@H]2[C@H](O)[C@@H](CO[C@H]3O[C@H](CO)[C@@H](O)[C@H](O)[C@@H]3O)OC(O)[C@H]2O[C@@H]2OC[C@@H](O)[C@H](O)[C@H]2O)O[C@H](CO)[C@H]1O. The molecule has 44 heavy (non-hydrogen) atoms. The number of aliphatic hydroxyl groups is 12. The lowest BCUT2D eigenvalue weighted by Crippen LogP contribution is -2.66. The van der Waals surface area contributed by atoms with Crippen LogP contribution in [0.1, 0.15) is 0 Å². The molecule has 12 N–H and O–H groups in total. The van der Waals surface area contributed by atoms with Gasteiger partial charge in [0.25, 0.3) is 0 Å². The summed E-state index contributed by atoms with van der Waals surface area (Å²) in [5.74, 6) is 0. The highest BCUT2D eigenvalue weighted by atomic mass is 16.8. The topological polar surface area (TPSA) is 317 Å². The first-order valence-corrected chi connectivity index (χ1v) is 13.9. The molecule has 4 saturated heterocycles. The molecule has 0 bridgehead atoms. The van der Waals surface area contributed by atoms with Gasteiger partial charge in [-0.1, -0.05) is 0 Å². The zero-order valence-electron chi connectivity index (χ0n) is 23.4. The standard InChI is InChI=1S/C24H42O20/c1-37-18-12(30)8(3-26)42-24(17(18)35)43-19-13(31)9(5-39-22-16(34)14(32)11(29)7(2-25)41-22)40-21(36)20(19)44-23-15(33)10(28)6(27)4-38-23/h6-36H,2-5H2,1H3/t6-,7-,8-,9-,10+,11-,12-,13-,14+,15-,16+,17+,18+,19+,20+,21?,22+,23+,24-/m1/s1. The molecule has 0 aromatic rings. The molecule has 19 atom stereocenters. The number of hydrogen-bond acceptors (Lipinski definition) is 20. The van der Waals surface area contributed by atoms with Crippen LogP contribution >= 0.6 is 0 Å². The molecule has 0 aromatic carbocycles. The van der Waals surface area contributed by atoms with E-state index in [1.54, 1.807) is 0 Å². The fourth-order valence-electron chi connectivity index (χ4n) is 5.39. The summed E-state index contributed by atoms with van der Waals surface area (Å²) >= 11 is 0. The quantitative estimate of drug-likeness (QED) is 0.104. The second kappa shape index (κ2) is 15.4. The van der Waals surface area contributed by atoms with Crippen LogP contribution in [0, 0.1) is 0 Å². The Hall–Kier alpha value is -0.800. The van der Waals surface area contributed by atoms with Crippen molar-refractivity contribution >= 4 is 0 Å². The second-order valence-corrected chi connectivity index (χ2v) is 10.9. The van der Waals surface area contributed by atoms with Gasteiger partial charge in [0.1, 0.15) is 91.6 Å². The van der Waals surface area contributed by atoms with Gasteiger partial charge in [-0.3, -0.25) is 0 Å². The van der Waals surface area contributed by atoms with Crippen LogP contribution in [0.2, 0.25) is 0 Å². The molecule has 258 valence electrons. The van der Waals surface area contributed by atoms with Crippen LogP contribution in [0.3, 0.4) is 0 Å². The van der Waals surface area contributed by atoms with Crippen LogP contribution in [0.5, 0.6) is 0 Å². The Bertz CT molecular complexity index is 885. The van der Waals surface area contributed by atoms with E-state index in [2.05, 4.69) is 0 Å². The molecule has 0 saturated carbocycles. The van der Waals surface area contributed by atoms with E-state index in [0.717, 1.165) is 0 Å². The monoisotopic (exact) mass is 650 g/mol. The normalized spacial score (nSPS) is 52.2. The van der Waals surface area contributed by atoms with E-state index in [4.69, 9.17) is 37.9 Å². The maximum absolute atomic E-state index is 11.3. The third-order valence-corrected chi connectivity index (χ3v) is 8.04. The molecule has 20 nitrogen and oxygen atoms in total. The van der Waals surface area contributed by atoms with Gasteiger partial charge in [-0.2, -0.15) is 0 Å². The maximum Gasteiger partial charge on any atom is 0.187 e. The third kappa shape index (κ3) is 7.35. The number of methoxy groups -OCH3 is 1. The minimum Gasteiger partial charge on any atom is -0.394 e. The van der Waals surface area contributed by atoms with Crippen molar-refractivity contribution in [2.45, 2.75) is 117 Å². The van der Waals surface area contributed by atoms with E-state index >= 15 is 0 Å². The van der Waals surface area contributed by atoms with Crippen LogP contribution in [0.4, 0.5) is 0 Å². The summed E-state index contributed by atoms with van der Waals surface area (Å²) < 4.78 is 43.3. The number of ether oxygens (including phenoxy) is 8.